The fourth-order valence-corrected chi connectivity index (χ4v) is 1.72. The third-order valence-electron chi connectivity index (χ3n) is 2.51. The first-order valence-electron chi connectivity index (χ1n) is 5.45. The molecule has 0 aliphatic carbocycles. The molecule has 2 aromatic rings. The summed E-state index contributed by atoms with van der Waals surface area (Å²) >= 11 is 0. The van der Waals surface area contributed by atoms with Crippen LogP contribution < -0.4 is 5.73 Å². The first kappa shape index (κ1) is 10.2. The van der Waals surface area contributed by atoms with Crippen LogP contribution in [-0.4, -0.2) is 16.0 Å². The van der Waals surface area contributed by atoms with Gasteiger partial charge in [-0.15, -0.1) is 0 Å². The number of benzene rings is 1. The molecular formula is C12H17N3. The van der Waals surface area contributed by atoms with Crippen molar-refractivity contribution < 1.29 is 0 Å². The van der Waals surface area contributed by atoms with Gasteiger partial charge in [-0.3, -0.25) is 0 Å². The van der Waals surface area contributed by atoms with Crippen molar-refractivity contribution in [3.8, 4) is 0 Å². The van der Waals surface area contributed by atoms with E-state index in [0.29, 0.717) is 0 Å². The van der Waals surface area contributed by atoms with E-state index in [1.165, 1.54) is 0 Å². The Labute approximate surface area is 89.7 Å². The van der Waals surface area contributed by atoms with Gasteiger partial charge in [0.25, 0.3) is 0 Å². The second-order valence-corrected chi connectivity index (χ2v) is 4.07. The highest BCUT2D eigenvalue weighted by Crippen LogP contribution is 2.11. The number of hydrogen-bond donors (Lipinski definition) is 2. The van der Waals surface area contributed by atoms with E-state index >= 15 is 0 Å². The van der Waals surface area contributed by atoms with Gasteiger partial charge in [-0.1, -0.05) is 12.1 Å². The predicted octanol–water partition coefficient (Wildman–Crippen LogP) is 2.23. The van der Waals surface area contributed by atoms with Gasteiger partial charge in [-0.2, -0.15) is 0 Å². The number of nitrogens with two attached hydrogens (primary N) is 1. The Morgan fingerprint density at radius 1 is 1.40 bits per heavy atom. The molecule has 15 heavy (non-hydrogen) atoms. The van der Waals surface area contributed by atoms with E-state index in [1.54, 1.807) is 0 Å². The highest BCUT2D eigenvalue weighted by Gasteiger charge is 2.02. The number of aromatic nitrogens is 2. The lowest BCUT2D eigenvalue weighted by molar-refractivity contribution is 0.616. The average Bonchev–Trinajstić information content (AvgIpc) is 2.59. The molecule has 0 amide bonds. The fraction of sp³-hybridized carbons (Fsp3) is 0.417. The zero-order chi connectivity index (χ0) is 10.7. The number of fused-ring (bicyclic) bond motifs is 1. The van der Waals surface area contributed by atoms with Crippen LogP contribution in [0.1, 0.15) is 25.6 Å². The zero-order valence-corrected chi connectivity index (χ0v) is 9.03. The van der Waals surface area contributed by atoms with Crippen LogP contribution >= 0.6 is 0 Å². The molecule has 3 heteroatoms. The number of H-pyrrole nitrogens is 1. The van der Waals surface area contributed by atoms with Crippen LogP contribution in [0.15, 0.2) is 24.3 Å². The van der Waals surface area contributed by atoms with Gasteiger partial charge in [0.2, 0.25) is 0 Å². The summed E-state index contributed by atoms with van der Waals surface area (Å²) in [6, 6.07) is 8.40. The lowest BCUT2D eigenvalue weighted by atomic mass is 10.1. The van der Waals surface area contributed by atoms with Gasteiger partial charge in [-0.05, 0) is 31.9 Å². The van der Waals surface area contributed by atoms with Crippen LogP contribution in [0.2, 0.25) is 0 Å². The molecule has 2 rings (SSSR count). The molecular weight excluding hydrogens is 186 g/mol. The number of aryl methyl sites for hydroxylation is 1. The number of hydrogen-bond acceptors (Lipinski definition) is 2. The number of aromatic amines is 1. The van der Waals surface area contributed by atoms with Crippen LogP contribution in [0.25, 0.3) is 11.0 Å². The summed E-state index contributed by atoms with van der Waals surface area (Å²) in [5.41, 5.74) is 7.87. The van der Waals surface area contributed by atoms with Crippen LogP contribution in [0, 0.1) is 0 Å². The van der Waals surface area contributed by atoms with E-state index in [4.69, 9.17) is 5.73 Å². The van der Waals surface area contributed by atoms with Crippen molar-refractivity contribution in [1.29, 1.82) is 0 Å². The van der Waals surface area contributed by atoms with Gasteiger partial charge in [0, 0.05) is 12.5 Å². The molecule has 0 radical (unpaired) electrons. The minimum Gasteiger partial charge on any atom is -0.342 e. The lowest BCUT2D eigenvalue weighted by Crippen LogP contribution is -2.14. The van der Waals surface area contributed by atoms with Gasteiger partial charge < -0.3 is 10.7 Å². The number of para-hydroxylation sites is 2. The molecule has 0 unspecified atom stereocenters. The maximum absolute atomic E-state index is 5.70. The lowest BCUT2D eigenvalue weighted by Gasteiger charge is -2.01. The summed E-state index contributed by atoms with van der Waals surface area (Å²) in [5.74, 6) is 1.07. The fourth-order valence-electron chi connectivity index (χ4n) is 1.72. The number of nitrogens with one attached hydrogen (secondary N) is 1. The Bertz CT molecular complexity index is 398. The second-order valence-electron chi connectivity index (χ2n) is 4.07. The monoisotopic (exact) mass is 203 g/mol. The van der Waals surface area contributed by atoms with Gasteiger partial charge in [0.1, 0.15) is 5.82 Å². The van der Waals surface area contributed by atoms with E-state index in [9.17, 15) is 0 Å². The molecule has 0 aliphatic heterocycles. The summed E-state index contributed by atoms with van der Waals surface area (Å²) in [7, 11) is 0. The largest absolute Gasteiger partial charge is 0.342 e. The number of nitrogens with zero attached hydrogens (tertiary/aromatic N) is 1. The first-order chi connectivity index (χ1) is 7.25. The first-order valence-corrected chi connectivity index (χ1v) is 5.45. The highest BCUT2D eigenvalue weighted by atomic mass is 14.9. The summed E-state index contributed by atoms with van der Waals surface area (Å²) in [4.78, 5) is 7.83. The maximum Gasteiger partial charge on any atom is 0.107 e. The van der Waals surface area contributed by atoms with Gasteiger partial charge in [-0.25, -0.2) is 4.98 Å². The smallest absolute Gasteiger partial charge is 0.107 e. The molecule has 1 aromatic heterocycles. The third kappa shape index (κ3) is 2.57. The van der Waals surface area contributed by atoms with Gasteiger partial charge in [0.15, 0.2) is 0 Å². The summed E-state index contributed by atoms with van der Waals surface area (Å²) < 4.78 is 0. The van der Waals surface area contributed by atoms with Crippen molar-refractivity contribution in [3.63, 3.8) is 0 Å². The average molecular weight is 203 g/mol. The van der Waals surface area contributed by atoms with E-state index in [-0.39, 0.29) is 6.04 Å². The SMILES string of the molecule is C[C@H](N)CCCc1nc2ccccc2[nH]1. The molecule has 0 aliphatic rings. The van der Waals surface area contributed by atoms with Crippen LogP contribution in [0.5, 0.6) is 0 Å². The molecule has 3 nitrogen and oxygen atoms in total. The van der Waals surface area contributed by atoms with Crippen molar-refractivity contribution in [2.45, 2.75) is 32.2 Å². The van der Waals surface area contributed by atoms with Crippen molar-refractivity contribution in [1.82, 2.24) is 9.97 Å². The van der Waals surface area contributed by atoms with Crippen molar-refractivity contribution >= 4 is 11.0 Å². The molecule has 0 bridgehead atoms. The molecule has 3 N–H and O–H groups in total. The van der Waals surface area contributed by atoms with Gasteiger partial charge >= 0.3 is 0 Å². The quantitative estimate of drug-likeness (QED) is 0.800. The Morgan fingerprint density at radius 2 is 2.20 bits per heavy atom. The number of imidazole rings is 1. The van der Waals surface area contributed by atoms with E-state index < -0.39 is 0 Å². The molecule has 0 fully saturated rings. The summed E-state index contributed by atoms with van der Waals surface area (Å²) in [5, 5.41) is 0. The second kappa shape index (κ2) is 4.45. The Balaban J connectivity index is 2.03. The normalized spacial score (nSPS) is 13.2. The summed E-state index contributed by atoms with van der Waals surface area (Å²) in [6.45, 7) is 2.04. The topological polar surface area (TPSA) is 54.7 Å². The predicted molar refractivity (Wildman–Crippen MR) is 62.7 cm³/mol. The highest BCUT2D eigenvalue weighted by molar-refractivity contribution is 5.74. The Morgan fingerprint density at radius 3 is 2.93 bits per heavy atom. The molecule has 0 spiro atoms. The zero-order valence-electron chi connectivity index (χ0n) is 9.03. The van der Waals surface area contributed by atoms with E-state index in [1.807, 2.05) is 25.1 Å². The van der Waals surface area contributed by atoms with Crippen LogP contribution in [0.3, 0.4) is 0 Å². The van der Waals surface area contributed by atoms with E-state index in [0.717, 1.165) is 36.1 Å². The minimum atomic E-state index is 0.286. The van der Waals surface area contributed by atoms with Gasteiger partial charge in [0.05, 0.1) is 11.0 Å². The standard InChI is InChI=1S/C12H17N3/c1-9(13)5-4-8-12-14-10-6-2-3-7-11(10)15-12/h2-3,6-7,9H,4-5,8,13H2,1H3,(H,14,15)/t9-/m0/s1. The van der Waals surface area contributed by atoms with Crippen molar-refractivity contribution in [2.24, 2.45) is 5.73 Å². The van der Waals surface area contributed by atoms with Crippen LogP contribution in [-0.2, 0) is 6.42 Å². The molecule has 80 valence electrons. The molecule has 1 heterocycles. The summed E-state index contributed by atoms with van der Waals surface area (Å²) in [6.07, 6.45) is 3.13. The van der Waals surface area contributed by atoms with Crippen molar-refractivity contribution in [2.75, 3.05) is 0 Å². The van der Waals surface area contributed by atoms with Crippen LogP contribution in [0.4, 0.5) is 0 Å². The Hall–Kier alpha value is -1.35. The maximum atomic E-state index is 5.70. The molecule has 1 atom stereocenters. The number of rotatable bonds is 4. The minimum absolute atomic E-state index is 0.286. The third-order valence-corrected chi connectivity index (χ3v) is 2.51. The van der Waals surface area contributed by atoms with Crippen molar-refractivity contribution in [3.05, 3.63) is 30.1 Å². The Kier molecular flexibility index (Phi) is 3.02. The molecule has 1 aromatic carbocycles. The molecule has 0 saturated carbocycles. The van der Waals surface area contributed by atoms with E-state index in [2.05, 4.69) is 16.0 Å². The molecule has 0 saturated heterocycles.